The van der Waals surface area contributed by atoms with Crippen molar-refractivity contribution in [1.29, 1.82) is 0 Å². The zero-order valence-electron chi connectivity index (χ0n) is 6.78. The average molecular weight is 162 g/mol. The Labute approximate surface area is 65.8 Å². The Balaban J connectivity index is 3.56. The van der Waals surface area contributed by atoms with Crippen molar-refractivity contribution >= 4 is 5.97 Å². The molecule has 0 radical (unpaired) electrons. The van der Waals surface area contributed by atoms with Crippen LogP contribution in [-0.2, 0) is 9.53 Å². The van der Waals surface area contributed by atoms with Crippen LogP contribution in [-0.4, -0.2) is 36.0 Å². The first kappa shape index (κ1) is 10.4. The van der Waals surface area contributed by atoms with Gasteiger partial charge in [-0.15, -0.1) is 0 Å². The van der Waals surface area contributed by atoms with E-state index >= 15 is 0 Å². The molecule has 0 rings (SSSR count). The number of rotatable bonds is 5. The number of aliphatic carboxylic acids is 1. The summed E-state index contributed by atoms with van der Waals surface area (Å²) in [5, 5.41) is 17.5. The second-order valence-corrected chi connectivity index (χ2v) is 2.58. The van der Waals surface area contributed by atoms with Crippen molar-refractivity contribution in [3.05, 3.63) is 0 Å². The molecule has 11 heavy (non-hydrogen) atoms. The summed E-state index contributed by atoms with van der Waals surface area (Å²) in [5.41, 5.74) is 0. The summed E-state index contributed by atoms with van der Waals surface area (Å²) in [6.07, 6.45) is -0.436. The third kappa shape index (κ3) is 4.75. The van der Waals surface area contributed by atoms with Gasteiger partial charge in [-0.25, -0.2) is 0 Å². The fraction of sp³-hybridized carbons (Fsp3) is 0.857. The molecule has 2 atom stereocenters. The number of carboxylic acids is 1. The summed E-state index contributed by atoms with van der Waals surface area (Å²) in [6, 6.07) is 0. The first-order valence-corrected chi connectivity index (χ1v) is 3.47. The number of methoxy groups -OCH3 is 1. The Morgan fingerprint density at radius 2 is 2.18 bits per heavy atom. The van der Waals surface area contributed by atoms with Crippen LogP contribution in [0.2, 0.25) is 0 Å². The van der Waals surface area contributed by atoms with Crippen LogP contribution in [0.4, 0.5) is 0 Å². The topological polar surface area (TPSA) is 66.8 Å². The fourth-order valence-corrected chi connectivity index (χ4v) is 0.769. The molecule has 0 fully saturated rings. The van der Waals surface area contributed by atoms with E-state index in [4.69, 9.17) is 10.2 Å². The van der Waals surface area contributed by atoms with Gasteiger partial charge in [-0.1, -0.05) is 6.92 Å². The smallest absolute Gasteiger partial charge is 0.306 e. The van der Waals surface area contributed by atoms with Crippen LogP contribution in [0.15, 0.2) is 0 Å². The Kier molecular flexibility index (Phi) is 4.81. The maximum absolute atomic E-state index is 10.3. The van der Waals surface area contributed by atoms with Gasteiger partial charge in [0.15, 0.2) is 0 Å². The number of hydrogen-bond acceptors (Lipinski definition) is 3. The summed E-state index contributed by atoms with van der Waals surface area (Å²) in [6.45, 7) is 1.75. The Morgan fingerprint density at radius 3 is 2.55 bits per heavy atom. The molecule has 0 aliphatic carbocycles. The van der Waals surface area contributed by atoms with E-state index in [0.717, 1.165) is 0 Å². The average Bonchev–Trinajstić information content (AvgIpc) is 1.87. The first-order valence-electron chi connectivity index (χ1n) is 3.47. The largest absolute Gasteiger partial charge is 0.481 e. The molecule has 0 saturated carbocycles. The molecule has 4 nitrogen and oxygen atoms in total. The quantitative estimate of drug-likeness (QED) is 0.602. The van der Waals surface area contributed by atoms with Crippen molar-refractivity contribution in [2.45, 2.75) is 19.4 Å². The summed E-state index contributed by atoms with van der Waals surface area (Å²) < 4.78 is 4.64. The Hall–Kier alpha value is -0.610. The lowest BCUT2D eigenvalue weighted by atomic mass is 10.0. The number of hydrogen-bond donors (Lipinski definition) is 2. The van der Waals surface area contributed by atoms with E-state index in [0.29, 0.717) is 0 Å². The molecule has 2 N–H and O–H groups in total. The normalized spacial score (nSPS) is 15.9. The van der Waals surface area contributed by atoms with Crippen molar-refractivity contribution in [2.24, 2.45) is 5.92 Å². The molecular weight excluding hydrogens is 148 g/mol. The van der Waals surface area contributed by atoms with E-state index in [1.165, 1.54) is 7.11 Å². The number of carboxylic acid groups (broad SMARTS) is 1. The molecule has 2 unspecified atom stereocenters. The number of carbonyl (C=O) groups is 1. The summed E-state index contributed by atoms with van der Waals surface area (Å²) in [7, 11) is 1.47. The molecule has 0 aromatic carbocycles. The van der Waals surface area contributed by atoms with Gasteiger partial charge in [0.1, 0.15) is 0 Å². The van der Waals surface area contributed by atoms with Gasteiger partial charge in [-0.3, -0.25) is 4.79 Å². The first-order chi connectivity index (χ1) is 5.07. The fourth-order valence-electron chi connectivity index (χ4n) is 0.769. The SMILES string of the molecule is COCC(O)CC(C)C(=O)O. The maximum atomic E-state index is 10.3. The van der Waals surface area contributed by atoms with Crippen LogP contribution in [0.5, 0.6) is 0 Å². The monoisotopic (exact) mass is 162 g/mol. The van der Waals surface area contributed by atoms with Gasteiger partial charge in [0.05, 0.1) is 18.6 Å². The van der Waals surface area contributed by atoms with Gasteiger partial charge >= 0.3 is 5.97 Å². The van der Waals surface area contributed by atoms with Gasteiger partial charge < -0.3 is 14.9 Å². The second-order valence-electron chi connectivity index (χ2n) is 2.58. The third-order valence-electron chi connectivity index (χ3n) is 1.41. The highest BCUT2D eigenvalue weighted by Gasteiger charge is 2.15. The maximum Gasteiger partial charge on any atom is 0.306 e. The van der Waals surface area contributed by atoms with Gasteiger partial charge in [0.2, 0.25) is 0 Å². The highest BCUT2D eigenvalue weighted by Crippen LogP contribution is 2.05. The Morgan fingerprint density at radius 1 is 1.64 bits per heavy atom. The molecule has 0 aliphatic heterocycles. The molecule has 0 aliphatic rings. The van der Waals surface area contributed by atoms with Gasteiger partial charge in [0.25, 0.3) is 0 Å². The van der Waals surface area contributed by atoms with Gasteiger partial charge in [-0.2, -0.15) is 0 Å². The van der Waals surface area contributed by atoms with Crippen molar-refractivity contribution < 1.29 is 19.7 Å². The molecule has 0 heterocycles. The van der Waals surface area contributed by atoms with Crippen LogP contribution in [0.25, 0.3) is 0 Å². The van der Waals surface area contributed by atoms with Crippen LogP contribution in [0.3, 0.4) is 0 Å². The molecule has 0 aromatic heterocycles. The van der Waals surface area contributed by atoms with Crippen molar-refractivity contribution in [1.82, 2.24) is 0 Å². The van der Waals surface area contributed by atoms with Crippen LogP contribution in [0, 0.1) is 5.92 Å². The molecule has 66 valence electrons. The zero-order chi connectivity index (χ0) is 8.85. The van der Waals surface area contributed by atoms with Crippen LogP contribution >= 0.6 is 0 Å². The van der Waals surface area contributed by atoms with E-state index in [1.807, 2.05) is 0 Å². The number of ether oxygens (including phenoxy) is 1. The molecule has 0 amide bonds. The van der Waals surface area contributed by atoms with Crippen molar-refractivity contribution in [3.63, 3.8) is 0 Å². The van der Waals surface area contributed by atoms with E-state index < -0.39 is 18.0 Å². The Bertz CT molecular complexity index is 124. The molecule has 4 heteroatoms. The van der Waals surface area contributed by atoms with Crippen LogP contribution in [0.1, 0.15) is 13.3 Å². The van der Waals surface area contributed by atoms with Gasteiger partial charge in [0, 0.05) is 7.11 Å². The number of aliphatic hydroxyl groups excluding tert-OH is 1. The van der Waals surface area contributed by atoms with Crippen LogP contribution < -0.4 is 0 Å². The second kappa shape index (κ2) is 5.09. The van der Waals surface area contributed by atoms with E-state index in [1.54, 1.807) is 6.92 Å². The van der Waals surface area contributed by atoms with Gasteiger partial charge in [-0.05, 0) is 6.42 Å². The van der Waals surface area contributed by atoms with E-state index in [-0.39, 0.29) is 13.0 Å². The molecule has 0 saturated heterocycles. The zero-order valence-corrected chi connectivity index (χ0v) is 6.78. The minimum atomic E-state index is -0.889. The third-order valence-corrected chi connectivity index (χ3v) is 1.41. The highest BCUT2D eigenvalue weighted by atomic mass is 16.5. The summed E-state index contributed by atoms with van der Waals surface area (Å²) in [5.74, 6) is -1.40. The standard InChI is InChI=1S/C7H14O4/c1-5(7(9)10)3-6(8)4-11-2/h5-6,8H,3-4H2,1-2H3,(H,9,10). The summed E-state index contributed by atoms with van der Waals surface area (Å²) in [4.78, 5) is 10.3. The lowest BCUT2D eigenvalue weighted by molar-refractivity contribution is -0.142. The summed E-state index contributed by atoms with van der Waals surface area (Å²) >= 11 is 0. The van der Waals surface area contributed by atoms with Crippen molar-refractivity contribution in [2.75, 3.05) is 13.7 Å². The number of aliphatic hydroxyl groups is 1. The highest BCUT2D eigenvalue weighted by molar-refractivity contribution is 5.69. The lowest BCUT2D eigenvalue weighted by Gasteiger charge is -2.11. The minimum absolute atomic E-state index is 0.192. The molecule has 0 bridgehead atoms. The van der Waals surface area contributed by atoms with E-state index in [9.17, 15) is 4.79 Å². The van der Waals surface area contributed by atoms with E-state index in [2.05, 4.69) is 4.74 Å². The molecule has 0 aromatic rings. The predicted molar refractivity (Wildman–Crippen MR) is 39.3 cm³/mol. The predicted octanol–water partition coefficient (Wildman–Crippen LogP) is 0.105. The van der Waals surface area contributed by atoms with Crippen molar-refractivity contribution in [3.8, 4) is 0 Å². The lowest BCUT2D eigenvalue weighted by Crippen LogP contribution is -2.21. The molecule has 0 spiro atoms. The molecular formula is C7H14O4. The minimum Gasteiger partial charge on any atom is -0.481 e.